The molecule has 0 saturated heterocycles. The lowest BCUT2D eigenvalue weighted by molar-refractivity contribution is -0.385. The van der Waals surface area contributed by atoms with Crippen molar-refractivity contribution >= 4 is 21.4 Å². The standard InChI is InChI=1S/C14H15N3O4S/c1-10-4-2-3-5-11(10)9-16-13-7-6-12(17(18)19)8-14(13)22(15,20)21/h2-8,16H,9H2,1H3,(H2,15,20,21). The predicted octanol–water partition coefficient (Wildman–Crippen LogP) is 2.16. The zero-order valence-electron chi connectivity index (χ0n) is 11.8. The van der Waals surface area contributed by atoms with E-state index >= 15 is 0 Å². The van der Waals surface area contributed by atoms with E-state index in [1.807, 2.05) is 31.2 Å². The maximum absolute atomic E-state index is 11.6. The number of nitrogens with two attached hydrogens (primary N) is 1. The minimum Gasteiger partial charge on any atom is -0.380 e. The van der Waals surface area contributed by atoms with Crippen LogP contribution in [0.4, 0.5) is 11.4 Å². The second-order valence-electron chi connectivity index (χ2n) is 4.76. The molecule has 0 aromatic heterocycles. The average molecular weight is 321 g/mol. The molecule has 8 heteroatoms. The molecule has 0 atom stereocenters. The normalized spacial score (nSPS) is 11.2. The van der Waals surface area contributed by atoms with Gasteiger partial charge in [0.2, 0.25) is 10.0 Å². The summed E-state index contributed by atoms with van der Waals surface area (Å²) < 4.78 is 23.2. The molecule has 22 heavy (non-hydrogen) atoms. The van der Waals surface area contributed by atoms with Crippen molar-refractivity contribution in [2.24, 2.45) is 5.14 Å². The molecule has 0 heterocycles. The molecule has 7 nitrogen and oxygen atoms in total. The molecule has 0 aliphatic carbocycles. The number of anilines is 1. The van der Waals surface area contributed by atoms with Crippen molar-refractivity contribution in [1.82, 2.24) is 0 Å². The van der Waals surface area contributed by atoms with Gasteiger partial charge in [-0.15, -0.1) is 0 Å². The number of non-ortho nitro benzene ring substituents is 1. The van der Waals surface area contributed by atoms with Gasteiger partial charge in [0.05, 0.1) is 10.6 Å². The Balaban J connectivity index is 2.35. The van der Waals surface area contributed by atoms with Gasteiger partial charge < -0.3 is 5.32 Å². The average Bonchev–Trinajstić information content (AvgIpc) is 2.45. The molecule has 3 N–H and O–H groups in total. The van der Waals surface area contributed by atoms with E-state index in [4.69, 9.17) is 5.14 Å². The second-order valence-corrected chi connectivity index (χ2v) is 6.29. The van der Waals surface area contributed by atoms with Gasteiger partial charge in [0.15, 0.2) is 0 Å². The number of benzene rings is 2. The van der Waals surface area contributed by atoms with Crippen LogP contribution in [0.2, 0.25) is 0 Å². The molecule has 2 aromatic carbocycles. The van der Waals surface area contributed by atoms with E-state index in [-0.39, 0.29) is 16.3 Å². The SMILES string of the molecule is Cc1ccccc1CNc1ccc([N+](=O)[O-])cc1S(N)(=O)=O. The number of rotatable bonds is 5. The van der Waals surface area contributed by atoms with E-state index < -0.39 is 14.9 Å². The van der Waals surface area contributed by atoms with Gasteiger partial charge in [-0.3, -0.25) is 10.1 Å². The number of hydrogen-bond acceptors (Lipinski definition) is 5. The molecule has 116 valence electrons. The topological polar surface area (TPSA) is 115 Å². The molecule has 0 saturated carbocycles. The van der Waals surface area contributed by atoms with E-state index in [1.165, 1.54) is 12.1 Å². The van der Waals surface area contributed by atoms with Gasteiger partial charge in [-0.25, -0.2) is 13.6 Å². The van der Waals surface area contributed by atoms with Crippen molar-refractivity contribution in [1.29, 1.82) is 0 Å². The van der Waals surface area contributed by atoms with Crippen molar-refractivity contribution in [3.05, 3.63) is 63.7 Å². The Kier molecular flexibility index (Phi) is 4.43. The Hall–Kier alpha value is -2.45. The van der Waals surface area contributed by atoms with Crippen molar-refractivity contribution in [3.8, 4) is 0 Å². The summed E-state index contributed by atoms with van der Waals surface area (Å²) in [6.45, 7) is 2.32. The third-order valence-electron chi connectivity index (χ3n) is 3.21. The van der Waals surface area contributed by atoms with Crippen molar-refractivity contribution in [2.45, 2.75) is 18.4 Å². The molecule has 0 radical (unpaired) electrons. The maximum Gasteiger partial charge on any atom is 0.270 e. The lowest BCUT2D eigenvalue weighted by atomic mass is 10.1. The summed E-state index contributed by atoms with van der Waals surface area (Å²) >= 11 is 0. The summed E-state index contributed by atoms with van der Waals surface area (Å²) in [5.41, 5.74) is 1.94. The van der Waals surface area contributed by atoms with E-state index in [1.54, 1.807) is 0 Å². The van der Waals surface area contributed by atoms with E-state index in [0.717, 1.165) is 17.2 Å². The summed E-state index contributed by atoms with van der Waals surface area (Å²) in [4.78, 5) is 9.80. The van der Waals surface area contributed by atoms with Crippen molar-refractivity contribution in [2.75, 3.05) is 5.32 Å². The number of nitro benzene ring substituents is 1. The Morgan fingerprint density at radius 1 is 1.23 bits per heavy atom. The number of nitro groups is 1. The molecular weight excluding hydrogens is 306 g/mol. The number of nitrogens with one attached hydrogen (secondary N) is 1. The zero-order valence-corrected chi connectivity index (χ0v) is 12.6. The van der Waals surface area contributed by atoms with Crippen LogP contribution in [0.25, 0.3) is 0 Å². The van der Waals surface area contributed by atoms with Gasteiger partial charge in [0.1, 0.15) is 4.90 Å². The third-order valence-corrected chi connectivity index (χ3v) is 4.16. The van der Waals surface area contributed by atoms with Gasteiger partial charge in [0, 0.05) is 18.7 Å². The molecule has 0 unspecified atom stereocenters. The fourth-order valence-corrected chi connectivity index (χ4v) is 2.74. The molecule has 0 amide bonds. The molecule has 2 aromatic rings. The highest BCUT2D eigenvalue weighted by Gasteiger charge is 2.18. The quantitative estimate of drug-likeness (QED) is 0.646. The van der Waals surface area contributed by atoms with Crippen LogP contribution in [0.5, 0.6) is 0 Å². The van der Waals surface area contributed by atoms with Crippen molar-refractivity contribution in [3.63, 3.8) is 0 Å². The number of hydrogen-bond donors (Lipinski definition) is 2. The molecule has 0 fully saturated rings. The highest BCUT2D eigenvalue weighted by molar-refractivity contribution is 7.89. The van der Waals surface area contributed by atoms with Crippen LogP contribution >= 0.6 is 0 Å². The summed E-state index contributed by atoms with van der Waals surface area (Å²) in [5.74, 6) is 0. The van der Waals surface area contributed by atoms with Crippen LogP contribution in [-0.4, -0.2) is 13.3 Å². The summed E-state index contributed by atoms with van der Waals surface area (Å²) in [6.07, 6.45) is 0. The van der Waals surface area contributed by atoms with E-state index in [2.05, 4.69) is 5.32 Å². The fraction of sp³-hybridized carbons (Fsp3) is 0.143. The molecule has 0 aliphatic rings. The van der Waals surface area contributed by atoms with Crippen molar-refractivity contribution < 1.29 is 13.3 Å². The van der Waals surface area contributed by atoms with Crippen LogP contribution < -0.4 is 10.5 Å². The Labute approximate surface area is 128 Å². The van der Waals surface area contributed by atoms with Crippen LogP contribution in [-0.2, 0) is 16.6 Å². The molecule has 0 bridgehead atoms. The van der Waals surface area contributed by atoms with Crippen LogP contribution in [0, 0.1) is 17.0 Å². The number of aryl methyl sites for hydroxylation is 1. The van der Waals surface area contributed by atoms with Gasteiger partial charge in [-0.1, -0.05) is 24.3 Å². The number of sulfonamides is 1. The van der Waals surface area contributed by atoms with Crippen LogP contribution in [0.15, 0.2) is 47.4 Å². The van der Waals surface area contributed by atoms with E-state index in [0.29, 0.717) is 6.54 Å². The predicted molar refractivity (Wildman–Crippen MR) is 83.0 cm³/mol. The van der Waals surface area contributed by atoms with Crippen LogP contribution in [0.1, 0.15) is 11.1 Å². The van der Waals surface area contributed by atoms with Crippen LogP contribution in [0.3, 0.4) is 0 Å². The first-order valence-electron chi connectivity index (χ1n) is 6.38. The molecular formula is C14H15N3O4S. The van der Waals surface area contributed by atoms with E-state index in [9.17, 15) is 18.5 Å². The maximum atomic E-state index is 11.6. The minimum absolute atomic E-state index is 0.233. The first kappa shape index (κ1) is 15.9. The number of primary sulfonamides is 1. The largest absolute Gasteiger partial charge is 0.380 e. The third kappa shape index (κ3) is 3.60. The molecule has 2 rings (SSSR count). The number of nitrogens with zero attached hydrogens (tertiary/aromatic N) is 1. The summed E-state index contributed by atoms with van der Waals surface area (Å²) in [7, 11) is -4.07. The second kappa shape index (κ2) is 6.12. The smallest absolute Gasteiger partial charge is 0.270 e. The first-order chi connectivity index (χ1) is 10.3. The monoisotopic (exact) mass is 321 g/mol. The highest BCUT2D eigenvalue weighted by atomic mass is 32.2. The summed E-state index contributed by atoms with van der Waals surface area (Å²) in [6, 6.07) is 11.2. The Morgan fingerprint density at radius 2 is 1.91 bits per heavy atom. The molecule has 0 spiro atoms. The first-order valence-corrected chi connectivity index (χ1v) is 7.93. The lowest BCUT2D eigenvalue weighted by Gasteiger charge is -2.12. The molecule has 0 aliphatic heterocycles. The summed E-state index contributed by atoms with van der Waals surface area (Å²) in [5, 5.41) is 18.9. The van der Waals surface area contributed by atoms with Gasteiger partial charge in [0.25, 0.3) is 5.69 Å². The van der Waals surface area contributed by atoms with Gasteiger partial charge in [-0.05, 0) is 24.1 Å². The zero-order chi connectivity index (χ0) is 16.3. The Morgan fingerprint density at radius 3 is 2.50 bits per heavy atom. The lowest BCUT2D eigenvalue weighted by Crippen LogP contribution is -2.15. The minimum atomic E-state index is -4.07. The van der Waals surface area contributed by atoms with Gasteiger partial charge >= 0.3 is 0 Å². The highest BCUT2D eigenvalue weighted by Crippen LogP contribution is 2.26. The Bertz CT molecular complexity index is 819. The fourth-order valence-electron chi connectivity index (χ4n) is 2.00. The van der Waals surface area contributed by atoms with Gasteiger partial charge in [-0.2, -0.15) is 0 Å².